The molecule has 0 aromatic heterocycles. The van der Waals surface area contributed by atoms with Gasteiger partial charge in [0.05, 0.1) is 0 Å². The molecule has 1 aromatic rings. The molecule has 0 amide bonds. The van der Waals surface area contributed by atoms with Crippen molar-refractivity contribution in [2.45, 2.75) is 30.9 Å². The Balaban J connectivity index is 2.49. The highest BCUT2D eigenvalue weighted by molar-refractivity contribution is 9.10. The van der Waals surface area contributed by atoms with E-state index in [0.29, 0.717) is 5.25 Å². The third-order valence-corrected chi connectivity index (χ3v) is 4.94. The second kappa shape index (κ2) is 5.07. The maximum atomic E-state index is 13.9. The van der Waals surface area contributed by atoms with Crippen molar-refractivity contribution >= 4 is 27.7 Å². The monoisotopic (exact) mass is 303 g/mol. The van der Waals surface area contributed by atoms with Crippen molar-refractivity contribution in [1.82, 2.24) is 5.32 Å². The number of hydrogen-bond donors (Lipinski definition) is 1. The third kappa shape index (κ3) is 2.15. The first-order valence-electron chi connectivity index (χ1n) is 5.47. The van der Waals surface area contributed by atoms with Crippen LogP contribution in [0.15, 0.2) is 16.6 Å². The molecule has 1 aliphatic rings. The Morgan fingerprint density at radius 2 is 2.31 bits per heavy atom. The summed E-state index contributed by atoms with van der Waals surface area (Å²) < 4.78 is 14.9. The average Bonchev–Trinajstić information content (AvgIpc) is 2.27. The molecule has 4 heteroatoms. The predicted octanol–water partition coefficient (Wildman–Crippen LogP) is 3.87. The van der Waals surface area contributed by atoms with E-state index in [-0.39, 0.29) is 11.9 Å². The Morgan fingerprint density at radius 3 is 3.00 bits per heavy atom. The Hall–Kier alpha value is -0.0600. The summed E-state index contributed by atoms with van der Waals surface area (Å²) >= 11 is 5.38. The van der Waals surface area contributed by atoms with Gasteiger partial charge in [-0.05, 0) is 24.2 Å². The first-order valence-corrected chi connectivity index (χ1v) is 7.31. The normalized spacial score (nSPS) is 24.2. The lowest BCUT2D eigenvalue weighted by Gasteiger charge is -2.32. The molecule has 2 unspecified atom stereocenters. The molecule has 1 aromatic carbocycles. The highest BCUT2D eigenvalue weighted by Crippen LogP contribution is 2.41. The van der Waals surface area contributed by atoms with Crippen LogP contribution in [0.2, 0.25) is 0 Å². The second-order valence-electron chi connectivity index (χ2n) is 3.97. The van der Waals surface area contributed by atoms with Gasteiger partial charge in [-0.3, -0.25) is 0 Å². The topological polar surface area (TPSA) is 12.0 Å². The van der Waals surface area contributed by atoms with Crippen molar-refractivity contribution in [2.75, 3.05) is 6.54 Å². The van der Waals surface area contributed by atoms with Crippen LogP contribution in [0.1, 0.15) is 31.0 Å². The van der Waals surface area contributed by atoms with Crippen LogP contribution in [0, 0.1) is 5.82 Å². The summed E-state index contributed by atoms with van der Waals surface area (Å²) in [5, 5.41) is 3.79. The Morgan fingerprint density at radius 1 is 1.56 bits per heavy atom. The van der Waals surface area contributed by atoms with E-state index in [0.717, 1.165) is 27.9 Å². The van der Waals surface area contributed by atoms with Crippen molar-refractivity contribution in [3.05, 3.63) is 33.5 Å². The van der Waals surface area contributed by atoms with Gasteiger partial charge in [0.25, 0.3) is 0 Å². The van der Waals surface area contributed by atoms with Gasteiger partial charge >= 0.3 is 0 Å². The quantitative estimate of drug-likeness (QED) is 0.890. The largest absolute Gasteiger partial charge is 0.309 e. The maximum Gasteiger partial charge on any atom is 0.128 e. The van der Waals surface area contributed by atoms with Gasteiger partial charge in [0.1, 0.15) is 5.82 Å². The number of fused-ring (bicyclic) bond motifs is 1. The summed E-state index contributed by atoms with van der Waals surface area (Å²) in [6, 6.07) is 3.47. The molecule has 1 aliphatic heterocycles. The molecular weight excluding hydrogens is 289 g/mol. The van der Waals surface area contributed by atoms with E-state index < -0.39 is 0 Å². The summed E-state index contributed by atoms with van der Waals surface area (Å²) in [6.45, 7) is 5.07. The molecule has 1 heterocycles. The van der Waals surface area contributed by atoms with Crippen molar-refractivity contribution < 1.29 is 4.39 Å². The van der Waals surface area contributed by atoms with Gasteiger partial charge in [0, 0.05) is 27.1 Å². The Bertz CT molecular complexity index is 397. The van der Waals surface area contributed by atoms with Crippen molar-refractivity contribution in [3.63, 3.8) is 0 Å². The summed E-state index contributed by atoms with van der Waals surface area (Å²) in [7, 11) is 0. The van der Waals surface area contributed by atoms with Crippen molar-refractivity contribution in [1.29, 1.82) is 0 Å². The van der Waals surface area contributed by atoms with Crippen LogP contribution in [0.3, 0.4) is 0 Å². The maximum absolute atomic E-state index is 13.9. The highest BCUT2D eigenvalue weighted by atomic mass is 79.9. The molecule has 0 bridgehead atoms. The first kappa shape index (κ1) is 12.4. The SMILES string of the molecule is CCNC1c2c(F)ccc(Br)c2CSC1C. The highest BCUT2D eigenvalue weighted by Gasteiger charge is 2.30. The lowest BCUT2D eigenvalue weighted by molar-refractivity contribution is 0.500. The minimum Gasteiger partial charge on any atom is -0.309 e. The van der Waals surface area contributed by atoms with E-state index in [2.05, 4.69) is 35.1 Å². The van der Waals surface area contributed by atoms with Crippen molar-refractivity contribution in [3.8, 4) is 0 Å². The fourth-order valence-corrected chi connectivity index (χ4v) is 3.96. The van der Waals surface area contributed by atoms with Gasteiger partial charge in [0.2, 0.25) is 0 Å². The second-order valence-corrected chi connectivity index (χ2v) is 6.19. The number of halogens is 2. The lowest BCUT2D eigenvalue weighted by atomic mass is 9.97. The fraction of sp³-hybridized carbons (Fsp3) is 0.500. The fourth-order valence-electron chi connectivity index (χ4n) is 2.13. The summed E-state index contributed by atoms with van der Waals surface area (Å²) in [4.78, 5) is 0. The molecule has 88 valence electrons. The molecule has 0 fully saturated rings. The van der Waals surface area contributed by atoms with Crippen LogP contribution in [-0.4, -0.2) is 11.8 Å². The van der Waals surface area contributed by atoms with E-state index in [1.54, 1.807) is 12.1 Å². The smallest absolute Gasteiger partial charge is 0.128 e. The molecule has 16 heavy (non-hydrogen) atoms. The lowest BCUT2D eigenvalue weighted by Crippen LogP contribution is -2.32. The number of thioether (sulfide) groups is 1. The molecule has 0 saturated carbocycles. The number of benzene rings is 1. The van der Waals surface area contributed by atoms with E-state index in [1.807, 2.05) is 11.8 Å². The predicted molar refractivity (Wildman–Crippen MR) is 71.3 cm³/mol. The van der Waals surface area contributed by atoms with Gasteiger partial charge in [0.15, 0.2) is 0 Å². The van der Waals surface area contributed by atoms with Gasteiger partial charge in [-0.15, -0.1) is 0 Å². The van der Waals surface area contributed by atoms with E-state index in [4.69, 9.17) is 0 Å². The van der Waals surface area contributed by atoms with Crippen molar-refractivity contribution in [2.24, 2.45) is 0 Å². The van der Waals surface area contributed by atoms with Crippen LogP contribution < -0.4 is 5.32 Å². The molecule has 1 N–H and O–H groups in total. The molecular formula is C12H15BrFNS. The van der Waals surface area contributed by atoms with Gasteiger partial charge < -0.3 is 5.32 Å². The Kier molecular flexibility index (Phi) is 3.93. The molecule has 2 atom stereocenters. The van der Waals surface area contributed by atoms with Gasteiger partial charge in [-0.25, -0.2) is 4.39 Å². The number of rotatable bonds is 2. The van der Waals surface area contributed by atoms with Crippen LogP contribution >= 0.6 is 27.7 Å². The van der Waals surface area contributed by atoms with Crippen LogP contribution in [0.25, 0.3) is 0 Å². The third-order valence-electron chi connectivity index (χ3n) is 2.94. The van der Waals surface area contributed by atoms with E-state index in [9.17, 15) is 4.39 Å². The molecule has 0 saturated heterocycles. The van der Waals surface area contributed by atoms with Gasteiger partial charge in [-0.2, -0.15) is 11.8 Å². The van der Waals surface area contributed by atoms with Crippen LogP contribution in [0.4, 0.5) is 4.39 Å². The van der Waals surface area contributed by atoms with Crippen LogP contribution in [0.5, 0.6) is 0 Å². The van der Waals surface area contributed by atoms with E-state index >= 15 is 0 Å². The molecule has 0 spiro atoms. The summed E-state index contributed by atoms with van der Waals surface area (Å²) in [6.07, 6.45) is 0. The molecule has 0 radical (unpaired) electrons. The molecule has 2 rings (SSSR count). The molecule has 1 nitrogen and oxygen atoms in total. The average molecular weight is 304 g/mol. The minimum absolute atomic E-state index is 0.0868. The standard InChI is InChI=1S/C12H15BrFNS/c1-3-15-12-7(2)16-6-8-9(13)4-5-10(14)11(8)12/h4-5,7,12,15H,3,6H2,1-2H3. The van der Waals surface area contributed by atoms with Gasteiger partial charge in [-0.1, -0.05) is 29.8 Å². The zero-order chi connectivity index (χ0) is 11.7. The minimum atomic E-state index is -0.0868. The Labute approximate surface area is 108 Å². The summed E-state index contributed by atoms with van der Waals surface area (Å²) in [5.41, 5.74) is 1.96. The number of nitrogens with one attached hydrogen (secondary N) is 1. The molecule has 0 aliphatic carbocycles. The summed E-state index contributed by atoms with van der Waals surface area (Å²) in [5.74, 6) is 0.799. The van der Waals surface area contributed by atoms with E-state index in [1.165, 1.54) is 0 Å². The van der Waals surface area contributed by atoms with Crippen LogP contribution in [-0.2, 0) is 5.75 Å². The zero-order valence-electron chi connectivity index (χ0n) is 9.39. The zero-order valence-corrected chi connectivity index (χ0v) is 11.8. The number of hydrogen-bond acceptors (Lipinski definition) is 2. The first-order chi connectivity index (χ1) is 7.65.